The second-order valence-corrected chi connectivity index (χ2v) is 5.81. The van der Waals surface area contributed by atoms with E-state index in [-0.39, 0.29) is 0 Å². The zero-order valence-electron chi connectivity index (χ0n) is 8.89. The van der Waals surface area contributed by atoms with E-state index in [1.807, 2.05) is 0 Å². The van der Waals surface area contributed by atoms with Gasteiger partial charge in [-0.2, -0.15) is 0 Å². The number of hydrogen-bond acceptors (Lipinski definition) is 0. The van der Waals surface area contributed by atoms with Gasteiger partial charge in [-0.1, -0.05) is 26.2 Å². The van der Waals surface area contributed by atoms with Gasteiger partial charge in [-0.15, -0.1) is 0 Å². The predicted octanol–water partition coefficient (Wildman–Crippen LogP) is 4.00. The van der Waals surface area contributed by atoms with E-state index >= 15 is 0 Å². The molecule has 0 aromatic carbocycles. The molecule has 0 amide bonds. The molecule has 0 aromatic heterocycles. The number of hydrogen-bond donors (Lipinski definition) is 0. The molecule has 3 atom stereocenters. The summed E-state index contributed by atoms with van der Waals surface area (Å²) in [6.07, 6.45) is 12.4. The Labute approximate surface area is 82.1 Å². The Morgan fingerprint density at radius 3 is 2.69 bits per heavy atom. The van der Waals surface area contributed by atoms with Gasteiger partial charge in [0.2, 0.25) is 0 Å². The fourth-order valence-electron chi connectivity index (χ4n) is 4.36. The number of rotatable bonds is 3. The first kappa shape index (κ1) is 8.32. The highest BCUT2D eigenvalue weighted by molar-refractivity contribution is 5.08. The molecule has 0 heterocycles. The van der Waals surface area contributed by atoms with Crippen molar-refractivity contribution in [2.75, 3.05) is 0 Å². The molecule has 0 saturated heterocycles. The molecule has 0 bridgehead atoms. The molecular weight excluding hydrogens is 156 g/mol. The Balaban J connectivity index is 1.67. The molecule has 3 saturated carbocycles. The van der Waals surface area contributed by atoms with Crippen LogP contribution in [0.25, 0.3) is 0 Å². The zero-order chi connectivity index (χ0) is 8.89. The average Bonchev–Trinajstić information content (AvgIpc) is 2.74. The minimum absolute atomic E-state index is 0.889. The third kappa shape index (κ3) is 1.10. The van der Waals surface area contributed by atoms with Gasteiger partial charge in [0, 0.05) is 0 Å². The highest BCUT2D eigenvalue weighted by Gasteiger charge is 2.58. The maximum atomic E-state index is 2.37. The van der Waals surface area contributed by atoms with Crippen molar-refractivity contribution in [2.45, 2.75) is 58.3 Å². The maximum Gasteiger partial charge on any atom is -0.0266 e. The molecule has 0 spiro atoms. The molecule has 3 rings (SSSR count). The molecule has 13 heavy (non-hydrogen) atoms. The Bertz CT molecular complexity index is 202. The van der Waals surface area contributed by atoms with Gasteiger partial charge in [0.1, 0.15) is 0 Å². The van der Waals surface area contributed by atoms with Gasteiger partial charge in [-0.3, -0.25) is 0 Å². The van der Waals surface area contributed by atoms with E-state index in [0.29, 0.717) is 0 Å². The summed E-state index contributed by atoms with van der Waals surface area (Å²) in [6, 6.07) is 0. The molecule has 0 aromatic rings. The molecule has 74 valence electrons. The average molecular weight is 178 g/mol. The standard InChI is InChI=1S/C13H22/c1-2-6-13(7-8-13)12-9-10-4-3-5-11(10)12/h10-12H,2-9H2,1H3. The molecule has 3 aliphatic rings. The Kier molecular flexibility index (Phi) is 1.76. The first-order valence-corrected chi connectivity index (χ1v) is 6.36. The molecule has 3 aliphatic carbocycles. The fraction of sp³-hybridized carbons (Fsp3) is 1.00. The first-order chi connectivity index (χ1) is 6.36. The second kappa shape index (κ2) is 2.74. The zero-order valence-corrected chi connectivity index (χ0v) is 8.89. The van der Waals surface area contributed by atoms with Crippen molar-refractivity contribution in [3.05, 3.63) is 0 Å². The summed E-state index contributed by atoms with van der Waals surface area (Å²) in [5.74, 6) is 3.55. The van der Waals surface area contributed by atoms with Crippen molar-refractivity contribution < 1.29 is 0 Å². The minimum atomic E-state index is 0.889. The van der Waals surface area contributed by atoms with Gasteiger partial charge >= 0.3 is 0 Å². The topological polar surface area (TPSA) is 0 Å². The number of fused-ring (bicyclic) bond motifs is 1. The summed E-state index contributed by atoms with van der Waals surface area (Å²) >= 11 is 0. The van der Waals surface area contributed by atoms with Gasteiger partial charge in [0.05, 0.1) is 0 Å². The van der Waals surface area contributed by atoms with E-state index in [4.69, 9.17) is 0 Å². The van der Waals surface area contributed by atoms with Gasteiger partial charge in [-0.05, 0) is 55.3 Å². The lowest BCUT2D eigenvalue weighted by atomic mass is 9.59. The van der Waals surface area contributed by atoms with Crippen molar-refractivity contribution in [3.63, 3.8) is 0 Å². The van der Waals surface area contributed by atoms with Crippen LogP contribution in [0.15, 0.2) is 0 Å². The summed E-state index contributed by atoms with van der Waals surface area (Å²) in [5.41, 5.74) is 0.889. The third-order valence-corrected chi connectivity index (χ3v) is 5.22. The van der Waals surface area contributed by atoms with Gasteiger partial charge in [0.15, 0.2) is 0 Å². The summed E-state index contributed by atoms with van der Waals surface area (Å²) in [7, 11) is 0. The van der Waals surface area contributed by atoms with Crippen LogP contribution in [-0.2, 0) is 0 Å². The summed E-state index contributed by atoms with van der Waals surface area (Å²) < 4.78 is 0. The maximum absolute atomic E-state index is 2.37. The third-order valence-electron chi connectivity index (χ3n) is 5.22. The smallest absolute Gasteiger partial charge is 0.0266 e. The summed E-state index contributed by atoms with van der Waals surface area (Å²) in [5, 5.41) is 0. The van der Waals surface area contributed by atoms with Crippen molar-refractivity contribution >= 4 is 0 Å². The van der Waals surface area contributed by atoms with Crippen LogP contribution in [0.4, 0.5) is 0 Å². The van der Waals surface area contributed by atoms with Gasteiger partial charge in [0.25, 0.3) is 0 Å². The van der Waals surface area contributed by atoms with Crippen molar-refractivity contribution in [3.8, 4) is 0 Å². The highest BCUT2D eigenvalue weighted by Crippen LogP contribution is 2.67. The molecule has 0 N–H and O–H groups in total. The van der Waals surface area contributed by atoms with Crippen LogP contribution < -0.4 is 0 Å². The lowest BCUT2D eigenvalue weighted by Gasteiger charge is -2.46. The normalized spacial score (nSPS) is 45.5. The van der Waals surface area contributed by atoms with Crippen LogP contribution in [0.3, 0.4) is 0 Å². The van der Waals surface area contributed by atoms with Gasteiger partial charge < -0.3 is 0 Å². The summed E-state index contributed by atoms with van der Waals surface area (Å²) in [4.78, 5) is 0. The lowest BCUT2D eigenvalue weighted by Crippen LogP contribution is -2.38. The highest BCUT2D eigenvalue weighted by atomic mass is 14.6. The molecule has 0 nitrogen and oxygen atoms in total. The fourth-order valence-corrected chi connectivity index (χ4v) is 4.36. The Morgan fingerprint density at radius 2 is 2.08 bits per heavy atom. The first-order valence-electron chi connectivity index (χ1n) is 6.36. The van der Waals surface area contributed by atoms with E-state index in [2.05, 4.69) is 6.92 Å². The molecule has 3 fully saturated rings. The minimum Gasteiger partial charge on any atom is -0.0654 e. The SMILES string of the molecule is CCCC1(C2CC3CCCC32)CC1. The van der Waals surface area contributed by atoms with Crippen molar-refractivity contribution in [2.24, 2.45) is 23.2 Å². The van der Waals surface area contributed by atoms with Crippen molar-refractivity contribution in [1.29, 1.82) is 0 Å². The molecule has 3 unspecified atom stereocenters. The van der Waals surface area contributed by atoms with Gasteiger partial charge in [-0.25, -0.2) is 0 Å². The van der Waals surface area contributed by atoms with E-state index < -0.39 is 0 Å². The Hall–Kier alpha value is 0. The molecule has 0 aliphatic heterocycles. The van der Waals surface area contributed by atoms with Crippen LogP contribution in [0.2, 0.25) is 0 Å². The largest absolute Gasteiger partial charge is 0.0654 e. The second-order valence-electron chi connectivity index (χ2n) is 5.81. The Morgan fingerprint density at radius 1 is 1.23 bits per heavy atom. The van der Waals surface area contributed by atoms with E-state index in [1.165, 1.54) is 24.2 Å². The molecule has 0 heteroatoms. The van der Waals surface area contributed by atoms with E-state index in [9.17, 15) is 0 Å². The lowest BCUT2D eigenvalue weighted by molar-refractivity contribution is 0.0300. The van der Waals surface area contributed by atoms with Crippen LogP contribution in [0.5, 0.6) is 0 Å². The van der Waals surface area contributed by atoms with Crippen LogP contribution in [0, 0.1) is 23.2 Å². The van der Waals surface area contributed by atoms with Crippen LogP contribution in [-0.4, -0.2) is 0 Å². The monoisotopic (exact) mass is 178 g/mol. The predicted molar refractivity (Wildman–Crippen MR) is 55.5 cm³/mol. The molecular formula is C13H22. The summed E-state index contributed by atoms with van der Waals surface area (Å²) in [6.45, 7) is 2.37. The molecule has 0 radical (unpaired) electrons. The van der Waals surface area contributed by atoms with Crippen LogP contribution in [0.1, 0.15) is 58.3 Å². The quantitative estimate of drug-likeness (QED) is 0.612. The van der Waals surface area contributed by atoms with Crippen LogP contribution >= 0.6 is 0 Å². The van der Waals surface area contributed by atoms with E-state index in [1.54, 1.807) is 44.9 Å². The van der Waals surface area contributed by atoms with Crippen molar-refractivity contribution in [1.82, 2.24) is 0 Å². The van der Waals surface area contributed by atoms with E-state index in [0.717, 1.165) is 5.41 Å².